The predicted molar refractivity (Wildman–Crippen MR) is 86.9 cm³/mol. The molecule has 1 aliphatic heterocycles. The van der Waals surface area contributed by atoms with Crippen molar-refractivity contribution in [3.05, 3.63) is 63.2 Å². The number of hydrogen-bond donors (Lipinski definition) is 2. The summed E-state index contributed by atoms with van der Waals surface area (Å²) in [5.41, 5.74) is 3.49. The molecule has 0 unspecified atom stereocenters. The molecule has 0 spiro atoms. The molecular weight excluding hydrogens is 296 g/mol. The van der Waals surface area contributed by atoms with Gasteiger partial charge in [0.05, 0.1) is 18.1 Å². The third-order valence-corrected chi connectivity index (χ3v) is 3.92. The summed E-state index contributed by atoms with van der Waals surface area (Å²) in [4.78, 5) is 10.7. The Morgan fingerprint density at radius 1 is 1.22 bits per heavy atom. The second-order valence-electron chi connectivity index (χ2n) is 5.48. The highest BCUT2D eigenvalue weighted by Gasteiger charge is 2.14. The third-order valence-electron chi connectivity index (χ3n) is 3.92. The van der Waals surface area contributed by atoms with Gasteiger partial charge in [0.2, 0.25) is 0 Å². The lowest BCUT2D eigenvalue weighted by Gasteiger charge is -2.09. The van der Waals surface area contributed by atoms with Crippen molar-refractivity contribution in [1.82, 2.24) is 0 Å². The maximum Gasteiger partial charge on any atom is 0.292 e. The van der Waals surface area contributed by atoms with Gasteiger partial charge in [-0.25, -0.2) is 0 Å². The zero-order valence-corrected chi connectivity index (χ0v) is 12.6. The summed E-state index contributed by atoms with van der Waals surface area (Å²) in [6, 6.07) is 10.7. The van der Waals surface area contributed by atoms with Gasteiger partial charge in [-0.2, -0.15) is 0 Å². The number of fused-ring (bicyclic) bond motifs is 1. The molecule has 2 aromatic carbocycles. The van der Waals surface area contributed by atoms with Crippen LogP contribution >= 0.6 is 0 Å². The summed E-state index contributed by atoms with van der Waals surface area (Å²) < 4.78 is 5.48. The monoisotopic (exact) mass is 314 g/mol. The van der Waals surface area contributed by atoms with Gasteiger partial charge in [-0.15, -0.1) is 0 Å². The van der Waals surface area contributed by atoms with Crippen LogP contribution in [0.2, 0.25) is 0 Å². The Bertz CT molecular complexity index is 731. The fraction of sp³-hybridized carbons (Fsp3) is 0.294. The van der Waals surface area contributed by atoms with Gasteiger partial charge in [-0.3, -0.25) is 10.1 Å². The topological polar surface area (TPSA) is 84.6 Å². The number of anilines is 1. The van der Waals surface area contributed by atoms with Crippen LogP contribution in [0.5, 0.6) is 5.75 Å². The van der Waals surface area contributed by atoms with E-state index in [1.165, 1.54) is 17.2 Å². The molecule has 0 amide bonds. The van der Waals surface area contributed by atoms with Crippen LogP contribution in [0, 0.1) is 10.1 Å². The van der Waals surface area contributed by atoms with Gasteiger partial charge >= 0.3 is 0 Å². The number of benzene rings is 2. The summed E-state index contributed by atoms with van der Waals surface area (Å²) in [7, 11) is 0. The molecule has 2 N–H and O–H groups in total. The number of nitrogens with zero attached hydrogens (tertiary/aromatic N) is 1. The first-order valence-electron chi connectivity index (χ1n) is 7.54. The number of hydrogen-bond acceptors (Lipinski definition) is 5. The smallest absolute Gasteiger partial charge is 0.292 e. The van der Waals surface area contributed by atoms with Crippen LogP contribution in [0.25, 0.3) is 0 Å². The van der Waals surface area contributed by atoms with Gasteiger partial charge in [0.25, 0.3) is 5.69 Å². The number of nitrogens with one attached hydrogen (secondary N) is 1. The highest BCUT2D eigenvalue weighted by Crippen LogP contribution is 2.27. The Morgan fingerprint density at radius 2 is 2.04 bits per heavy atom. The van der Waals surface area contributed by atoms with Crippen molar-refractivity contribution in [2.75, 3.05) is 18.5 Å². The zero-order valence-electron chi connectivity index (χ0n) is 12.6. The van der Waals surface area contributed by atoms with E-state index in [0.29, 0.717) is 17.8 Å². The molecule has 0 fully saturated rings. The molecule has 0 bridgehead atoms. The van der Waals surface area contributed by atoms with Crippen LogP contribution in [0.4, 0.5) is 11.4 Å². The van der Waals surface area contributed by atoms with Crippen LogP contribution in [-0.4, -0.2) is 23.2 Å². The lowest BCUT2D eigenvalue weighted by molar-refractivity contribution is -0.384. The molecule has 6 heteroatoms. The van der Waals surface area contributed by atoms with Crippen molar-refractivity contribution in [2.45, 2.75) is 19.4 Å². The minimum atomic E-state index is -0.420. The molecule has 3 rings (SSSR count). The van der Waals surface area contributed by atoms with Crippen molar-refractivity contribution in [3.8, 4) is 5.75 Å². The second-order valence-corrected chi connectivity index (χ2v) is 5.48. The van der Waals surface area contributed by atoms with Crippen LogP contribution in [-0.2, 0) is 19.4 Å². The van der Waals surface area contributed by atoms with E-state index in [1.807, 2.05) is 12.1 Å². The molecule has 0 atom stereocenters. The molecule has 0 aromatic heterocycles. The van der Waals surface area contributed by atoms with E-state index in [-0.39, 0.29) is 12.3 Å². The van der Waals surface area contributed by atoms with Gasteiger partial charge in [0.1, 0.15) is 11.4 Å². The van der Waals surface area contributed by atoms with E-state index in [1.54, 1.807) is 12.1 Å². The highest BCUT2D eigenvalue weighted by atomic mass is 16.6. The first-order chi connectivity index (χ1) is 11.2. The van der Waals surface area contributed by atoms with Crippen molar-refractivity contribution < 1.29 is 14.8 Å². The van der Waals surface area contributed by atoms with E-state index in [4.69, 9.17) is 4.74 Å². The van der Waals surface area contributed by atoms with Gasteiger partial charge in [0, 0.05) is 19.0 Å². The first kappa shape index (κ1) is 15.3. The maximum absolute atomic E-state index is 11.1. The standard InChI is InChI=1S/C17H18N2O4/c20-11-13-1-3-16(19(21)22)15(10-13)18-7-5-12-2-4-17-14(9-12)6-8-23-17/h1-4,9-10,18,20H,5-8,11H2. The number of rotatable bonds is 6. The summed E-state index contributed by atoms with van der Waals surface area (Å²) in [6.45, 7) is 1.17. The van der Waals surface area contributed by atoms with Crippen molar-refractivity contribution in [1.29, 1.82) is 0 Å². The molecule has 0 aliphatic carbocycles. The molecule has 0 saturated carbocycles. The first-order valence-corrected chi connectivity index (χ1v) is 7.54. The Hall–Kier alpha value is -2.60. The SMILES string of the molecule is O=[N+]([O-])c1ccc(CO)cc1NCCc1ccc2c(c1)CCO2. The van der Waals surface area contributed by atoms with Gasteiger partial charge in [-0.05, 0) is 41.3 Å². The third kappa shape index (κ3) is 3.43. The van der Waals surface area contributed by atoms with Crippen molar-refractivity contribution >= 4 is 11.4 Å². The van der Waals surface area contributed by atoms with E-state index in [2.05, 4.69) is 11.4 Å². The molecule has 23 heavy (non-hydrogen) atoms. The minimum absolute atomic E-state index is 0.0181. The van der Waals surface area contributed by atoms with Gasteiger partial charge in [0.15, 0.2) is 0 Å². The molecule has 1 aliphatic rings. The van der Waals surface area contributed by atoms with E-state index in [9.17, 15) is 15.2 Å². The molecular formula is C17H18N2O4. The quantitative estimate of drug-likeness (QED) is 0.632. The van der Waals surface area contributed by atoms with Crippen LogP contribution in [0.1, 0.15) is 16.7 Å². The highest BCUT2D eigenvalue weighted by molar-refractivity contribution is 5.62. The molecule has 0 saturated heterocycles. The normalized spacial score (nSPS) is 12.6. The molecule has 6 nitrogen and oxygen atoms in total. The Morgan fingerprint density at radius 3 is 2.83 bits per heavy atom. The molecule has 120 valence electrons. The number of nitro groups is 1. The van der Waals surface area contributed by atoms with Gasteiger partial charge in [-0.1, -0.05) is 12.1 Å². The van der Waals surface area contributed by atoms with E-state index in [0.717, 1.165) is 25.2 Å². The zero-order chi connectivity index (χ0) is 16.2. The van der Waals surface area contributed by atoms with Gasteiger partial charge < -0.3 is 15.2 Å². The van der Waals surface area contributed by atoms with Crippen molar-refractivity contribution in [2.24, 2.45) is 0 Å². The molecule has 1 heterocycles. The van der Waals surface area contributed by atoms with Crippen LogP contribution in [0.3, 0.4) is 0 Å². The number of ether oxygens (including phenoxy) is 1. The maximum atomic E-state index is 11.1. The lowest BCUT2D eigenvalue weighted by atomic mass is 10.1. The largest absolute Gasteiger partial charge is 0.493 e. The Labute approximate surface area is 133 Å². The summed E-state index contributed by atoms with van der Waals surface area (Å²) in [6.07, 6.45) is 1.69. The Balaban J connectivity index is 1.67. The van der Waals surface area contributed by atoms with Crippen LogP contribution < -0.4 is 10.1 Å². The van der Waals surface area contributed by atoms with E-state index >= 15 is 0 Å². The second kappa shape index (κ2) is 6.66. The summed E-state index contributed by atoms with van der Waals surface area (Å²) in [5.74, 6) is 0.952. The van der Waals surface area contributed by atoms with E-state index < -0.39 is 4.92 Å². The predicted octanol–water partition coefficient (Wildman–Crippen LogP) is 2.68. The number of aliphatic hydroxyl groups is 1. The number of aliphatic hydroxyl groups excluding tert-OH is 1. The fourth-order valence-corrected chi connectivity index (χ4v) is 2.72. The van der Waals surface area contributed by atoms with Crippen molar-refractivity contribution in [3.63, 3.8) is 0 Å². The minimum Gasteiger partial charge on any atom is -0.493 e. The molecule has 0 radical (unpaired) electrons. The average molecular weight is 314 g/mol. The fourth-order valence-electron chi connectivity index (χ4n) is 2.72. The van der Waals surface area contributed by atoms with Crippen LogP contribution in [0.15, 0.2) is 36.4 Å². The average Bonchev–Trinajstić information content (AvgIpc) is 3.02. The summed E-state index contributed by atoms with van der Waals surface area (Å²) >= 11 is 0. The Kier molecular flexibility index (Phi) is 4.43. The number of nitro benzene ring substituents is 1. The molecule has 2 aromatic rings. The lowest BCUT2D eigenvalue weighted by Crippen LogP contribution is -2.07. The summed E-state index contributed by atoms with van der Waals surface area (Å²) in [5, 5.41) is 23.3.